The van der Waals surface area contributed by atoms with Crippen molar-refractivity contribution >= 4 is 50.6 Å². The molecule has 0 spiro atoms. The molecule has 1 aliphatic rings. The molecule has 0 aromatic carbocycles. The maximum absolute atomic E-state index is 10.7. The lowest BCUT2D eigenvalue weighted by molar-refractivity contribution is -0.138. The Hall–Kier alpha value is -1.51. The van der Waals surface area contributed by atoms with Crippen LogP contribution in [0.2, 0.25) is 0 Å². The first-order valence-electron chi connectivity index (χ1n) is 8.03. The predicted octanol–water partition coefficient (Wildman–Crippen LogP) is -0.675. The maximum atomic E-state index is 10.7. The molecule has 5 atom stereocenters. The van der Waals surface area contributed by atoms with Crippen molar-refractivity contribution in [2.24, 2.45) is 5.73 Å². The zero-order chi connectivity index (χ0) is 19.7. The summed E-state index contributed by atoms with van der Waals surface area (Å²) in [7, 11) is 0. The van der Waals surface area contributed by atoms with E-state index in [0.29, 0.717) is 29.1 Å². The molecule has 1 unspecified atom stereocenters. The fraction of sp³-hybridized carbons (Fsp3) is 0.571. The fourth-order valence-corrected chi connectivity index (χ4v) is 4.18. The van der Waals surface area contributed by atoms with Crippen LogP contribution in [0.3, 0.4) is 0 Å². The molecule has 0 bridgehead atoms. The molecule has 7 N–H and O–H groups in total. The number of halogens is 1. The van der Waals surface area contributed by atoms with Crippen molar-refractivity contribution in [1.29, 1.82) is 0 Å². The molecule has 148 valence electrons. The van der Waals surface area contributed by atoms with Crippen molar-refractivity contribution < 1.29 is 24.9 Å². The second-order valence-corrected chi connectivity index (χ2v) is 7.92. The van der Waals surface area contributed by atoms with Gasteiger partial charge in [0, 0.05) is 5.75 Å². The molecule has 2 aromatic heterocycles. The molecule has 3 heterocycles. The summed E-state index contributed by atoms with van der Waals surface area (Å²) in [4.78, 5) is 23.0. The lowest BCUT2D eigenvalue weighted by Gasteiger charge is -2.16. The number of thioether (sulfide) groups is 1. The number of hydrogen-bond donors (Lipinski definition) is 5. The highest BCUT2D eigenvalue weighted by Gasteiger charge is 2.44. The number of aliphatic hydroxyl groups is 2. The Morgan fingerprint density at radius 3 is 2.85 bits per heavy atom. The first-order chi connectivity index (χ1) is 12.8. The molecular formula is C14H19BrN6O5S. The Morgan fingerprint density at radius 2 is 2.15 bits per heavy atom. The molecular weight excluding hydrogens is 444 g/mol. The number of imidazole rings is 1. The van der Waals surface area contributed by atoms with E-state index in [4.69, 9.17) is 21.3 Å². The smallest absolute Gasteiger partial charge is 0.320 e. The van der Waals surface area contributed by atoms with Gasteiger partial charge < -0.3 is 31.5 Å². The van der Waals surface area contributed by atoms with Crippen LogP contribution in [0.5, 0.6) is 0 Å². The number of aliphatic hydroxyl groups excluding tert-OH is 2. The molecule has 1 aliphatic heterocycles. The van der Waals surface area contributed by atoms with Gasteiger partial charge in [-0.1, -0.05) is 0 Å². The normalized spacial score (nSPS) is 26.5. The van der Waals surface area contributed by atoms with E-state index in [1.54, 1.807) is 0 Å². The Labute approximate surface area is 166 Å². The first kappa shape index (κ1) is 20.2. The largest absolute Gasteiger partial charge is 0.480 e. The minimum absolute atomic E-state index is 0.181. The summed E-state index contributed by atoms with van der Waals surface area (Å²) >= 11 is 4.55. The average molecular weight is 463 g/mol. The molecule has 0 aliphatic carbocycles. The zero-order valence-corrected chi connectivity index (χ0v) is 16.4. The Bertz CT molecular complexity index is 838. The number of carboxylic acids is 1. The van der Waals surface area contributed by atoms with Crippen LogP contribution in [0, 0.1) is 0 Å². The summed E-state index contributed by atoms with van der Waals surface area (Å²) in [6.07, 6.45) is -2.12. The van der Waals surface area contributed by atoms with E-state index >= 15 is 0 Å². The summed E-state index contributed by atoms with van der Waals surface area (Å²) in [6.45, 7) is 0. The number of nitrogens with zero attached hydrogens (tertiary/aromatic N) is 4. The number of anilines is 1. The quantitative estimate of drug-likeness (QED) is 0.259. The molecule has 13 heteroatoms. The summed E-state index contributed by atoms with van der Waals surface area (Å²) in [5, 5.41) is 29.5. The highest BCUT2D eigenvalue weighted by atomic mass is 79.9. The molecule has 2 aromatic rings. The highest BCUT2D eigenvalue weighted by Crippen LogP contribution is 2.33. The van der Waals surface area contributed by atoms with Crippen molar-refractivity contribution in [3.63, 3.8) is 0 Å². The van der Waals surface area contributed by atoms with E-state index in [0.717, 1.165) is 0 Å². The van der Waals surface area contributed by atoms with Crippen LogP contribution >= 0.6 is 27.7 Å². The van der Waals surface area contributed by atoms with Crippen LogP contribution in [-0.2, 0) is 9.53 Å². The Balaban J connectivity index is 1.68. The van der Waals surface area contributed by atoms with Crippen molar-refractivity contribution in [2.45, 2.75) is 37.0 Å². The van der Waals surface area contributed by atoms with Crippen molar-refractivity contribution in [3.8, 4) is 0 Å². The van der Waals surface area contributed by atoms with Gasteiger partial charge in [-0.3, -0.25) is 9.36 Å². The SMILES string of the molecule is Nc1nc(Br)nc2c1ncn2[C@@H]1O[C@H](CSCCC(N)C(=O)O)[C@H](O)[C@H]1O. The van der Waals surface area contributed by atoms with Crippen molar-refractivity contribution in [1.82, 2.24) is 19.5 Å². The number of nitrogen functional groups attached to an aromatic ring is 1. The monoisotopic (exact) mass is 462 g/mol. The number of aliphatic carboxylic acids is 1. The van der Waals surface area contributed by atoms with E-state index in [-0.39, 0.29) is 10.6 Å². The Kier molecular flexibility index (Phi) is 6.18. The molecule has 3 rings (SSSR count). The van der Waals surface area contributed by atoms with Gasteiger partial charge in [-0.2, -0.15) is 11.8 Å². The summed E-state index contributed by atoms with van der Waals surface area (Å²) < 4.78 is 7.58. The van der Waals surface area contributed by atoms with E-state index in [1.807, 2.05) is 0 Å². The van der Waals surface area contributed by atoms with Crippen LogP contribution in [-0.4, -0.2) is 76.7 Å². The summed E-state index contributed by atoms with van der Waals surface area (Å²) in [5.41, 5.74) is 12.0. The summed E-state index contributed by atoms with van der Waals surface area (Å²) in [6, 6.07) is -0.925. The number of fused-ring (bicyclic) bond motifs is 1. The van der Waals surface area contributed by atoms with Gasteiger partial charge in [0.15, 0.2) is 17.7 Å². The molecule has 0 saturated carbocycles. The van der Waals surface area contributed by atoms with E-state index in [9.17, 15) is 15.0 Å². The summed E-state index contributed by atoms with van der Waals surface area (Å²) in [5.74, 6) is -0.0109. The van der Waals surface area contributed by atoms with Gasteiger partial charge in [0.2, 0.25) is 4.73 Å². The molecule has 0 amide bonds. The number of carbonyl (C=O) groups is 1. The molecule has 0 radical (unpaired) electrons. The number of aromatic nitrogens is 4. The minimum Gasteiger partial charge on any atom is -0.480 e. The van der Waals surface area contributed by atoms with Gasteiger partial charge in [0.1, 0.15) is 23.8 Å². The van der Waals surface area contributed by atoms with Gasteiger partial charge in [-0.05, 0) is 28.1 Å². The van der Waals surface area contributed by atoms with Crippen LogP contribution in [0.1, 0.15) is 12.6 Å². The van der Waals surface area contributed by atoms with E-state index < -0.39 is 36.6 Å². The van der Waals surface area contributed by atoms with Crippen molar-refractivity contribution in [2.75, 3.05) is 17.2 Å². The third-order valence-electron chi connectivity index (χ3n) is 4.20. The lowest BCUT2D eigenvalue weighted by Crippen LogP contribution is -2.33. The number of rotatable bonds is 7. The lowest BCUT2D eigenvalue weighted by atomic mass is 10.1. The van der Waals surface area contributed by atoms with Crippen LogP contribution < -0.4 is 11.5 Å². The number of ether oxygens (including phenoxy) is 1. The number of hydrogen-bond acceptors (Lipinski definition) is 10. The minimum atomic E-state index is -1.19. The molecule has 1 saturated heterocycles. The number of carboxylic acid groups (broad SMARTS) is 1. The number of nitrogens with two attached hydrogens (primary N) is 2. The van der Waals surface area contributed by atoms with Gasteiger partial charge in [0.25, 0.3) is 0 Å². The average Bonchev–Trinajstić information content (AvgIpc) is 3.14. The first-order valence-corrected chi connectivity index (χ1v) is 9.97. The van der Waals surface area contributed by atoms with Gasteiger partial charge in [-0.15, -0.1) is 0 Å². The van der Waals surface area contributed by atoms with Crippen LogP contribution in [0.25, 0.3) is 11.2 Å². The third kappa shape index (κ3) is 4.17. The second kappa shape index (κ2) is 8.24. The van der Waals surface area contributed by atoms with Gasteiger partial charge in [-0.25, -0.2) is 15.0 Å². The standard InChI is InChI=1S/C14H19BrN6O5S/c15-14-19-10(17)7-11(20-14)21(4-18-7)12-9(23)8(22)6(26-12)3-27-2-1-5(16)13(24)25/h4-6,8-9,12,22-23H,1-3,16H2,(H,24,25)(H2,17,19,20)/t5?,6-,8+,9-,12-/m1/s1. The molecule has 27 heavy (non-hydrogen) atoms. The topological polar surface area (TPSA) is 183 Å². The van der Waals surface area contributed by atoms with Crippen LogP contribution in [0.4, 0.5) is 5.82 Å². The second-order valence-electron chi connectivity index (χ2n) is 6.06. The maximum Gasteiger partial charge on any atom is 0.320 e. The van der Waals surface area contributed by atoms with E-state index in [2.05, 4.69) is 30.9 Å². The fourth-order valence-electron chi connectivity index (χ4n) is 2.73. The molecule has 11 nitrogen and oxygen atoms in total. The zero-order valence-electron chi connectivity index (χ0n) is 14.0. The van der Waals surface area contributed by atoms with E-state index in [1.165, 1.54) is 22.7 Å². The van der Waals surface area contributed by atoms with Gasteiger partial charge in [0.05, 0.1) is 12.4 Å². The highest BCUT2D eigenvalue weighted by molar-refractivity contribution is 9.10. The van der Waals surface area contributed by atoms with Gasteiger partial charge >= 0.3 is 5.97 Å². The third-order valence-corrected chi connectivity index (χ3v) is 5.65. The Morgan fingerprint density at radius 1 is 1.41 bits per heavy atom. The molecule has 1 fully saturated rings. The van der Waals surface area contributed by atoms with Crippen LogP contribution in [0.15, 0.2) is 11.1 Å². The van der Waals surface area contributed by atoms with Crippen molar-refractivity contribution in [3.05, 3.63) is 11.1 Å². The predicted molar refractivity (Wildman–Crippen MR) is 101 cm³/mol.